The van der Waals surface area contributed by atoms with E-state index in [1.54, 1.807) is 14.2 Å². The summed E-state index contributed by atoms with van der Waals surface area (Å²) in [5.41, 5.74) is 1.66. The van der Waals surface area contributed by atoms with Gasteiger partial charge in [0.2, 0.25) is 0 Å². The quantitative estimate of drug-likeness (QED) is 0.270. The summed E-state index contributed by atoms with van der Waals surface area (Å²) in [7, 11) is 3.24. The van der Waals surface area contributed by atoms with Crippen molar-refractivity contribution in [2.24, 2.45) is 0 Å². The number of carbonyl (C=O) groups is 1. The van der Waals surface area contributed by atoms with Gasteiger partial charge in [-0.3, -0.25) is 9.36 Å². The van der Waals surface area contributed by atoms with E-state index >= 15 is 0 Å². The zero-order valence-corrected chi connectivity index (χ0v) is 18.1. The first-order valence-electron chi connectivity index (χ1n) is 9.69. The van der Waals surface area contributed by atoms with E-state index < -0.39 is 0 Å². The fourth-order valence-corrected chi connectivity index (χ4v) is 3.58. The SMILES string of the molecule is CCCCOC(=O)CSc1nnc(-c2ccccc2OC)n1-c1ccc(OC)cc1. The molecule has 2 aromatic carbocycles. The molecule has 0 N–H and O–H groups in total. The normalized spacial score (nSPS) is 10.6. The minimum Gasteiger partial charge on any atom is -0.497 e. The fourth-order valence-electron chi connectivity index (χ4n) is 2.83. The number of aromatic nitrogens is 3. The molecular formula is C22H25N3O4S. The average Bonchev–Trinajstić information content (AvgIpc) is 3.21. The summed E-state index contributed by atoms with van der Waals surface area (Å²) in [4.78, 5) is 12.1. The van der Waals surface area contributed by atoms with Crippen LogP contribution in [0.2, 0.25) is 0 Å². The van der Waals surface area contributed by atoms with Crippen LogP contribution in [0.5, 0.6) is 11.5 Å². The van der Waals surface area contributed by atoms with Crippen LogP contribution in [-0.2, 0) is 9.53 Å². The Kier molecular flexibility index (Phi) is 7.73. The summed E-state index contributed by atoms with van der Waals surface area (Å²) >= 11 is 1.29. The number of esters is 1. The van der Waals surface area contributed by atoms with Crippen LogP contribution in [0.25, 0.3) is 17.1 Å². The van der Waals surface area contributed by atoms with E-state index in [9.17, 15) is 4.79 Å². The van der Waals surface area contributed by atoms with Gasteiger partial charge in [-0.1, -0.05) is 37.2 Å². The van der Waals surface area contributed by atoms with Crippen molar-refractivity contribution in [3.63, 3.8) is 0 Å². The number of methoxy groups -OCH3 is 2. The second-order valence-electron chi connectivity index (χ2n) is 6.40. The van der Waals surface area contributed by atoms with Crippen LogP contribution in [0, 0.1) is 0 Å². The maximum atomic E-state index is 12.1. The molecule has 0 spiro atoms. The number of nitrogens with zero attached hydrogens (tertiary/aromatic N) is 3. The van der Waals surface area contributed by atoms with Crippen LogP contribution >= 0.6 is 11.8 Å². The van der Waals surface area contributed by atoms with Gasteiger partial charge in [0, 0.05) is 0 Å². The molecule has 0 atom stereocenters. The number of benzene rings is 2. The van der Waals surface area contributed by atoms with E-state index in [4.69, 9.17) is 14.2 Å². The van der Waals surface area contributed by atoms with E-state index in [1.807, 2.05) is 53.1 Å². The van der Waals surface area contributed by atoms with Crippen LogP contribution in [-0.4, -0.2) is 47.3 Å². The summed E-state index contributed by atoms with van der Waals surface area (Å²) in [6, 6.07) is 15.2. The van der Waals surface area contributed by atoms with Gasteiger partial charge < -0.3 is 14.2 Å². The van der Waals surface area contributed by atoms with Crippen LogP contribution in [0.15, 0.2) is 53.7 Å². The zero-order valence-electron chi connectivity index (χ0n) is 17.3. The molecule has 0 fully saturated rings. The van der Waals surface area contributed by atoms with Crippen LogP contribution in [0.4, 0.5) is 0 Å². The third kappa shape index (κ3) is 5.13. The van der Waals surface area contributed by atoms with Crippen molar-refractivity contribution in [2.75, 3.05) is 26.6 Å². The predicted molar refractivity (Wildman–Crippen MR) is 116 cm³/mol. The van der Waals surface area contributed by atoms with E-state index in [0.29, 0.717) is 23.3 Å². The van der Waals surface area contributed by atoms with Gasteiger partial charge in [-0.25, -0.2) is 0 Å². The van der Waals surface area contributed by atoms with E-state index in [2.05, 4.69) is 17.1 Å². The number of thioether (sulfide) groups is 1. The molecule has 1 heterocycles. The molecule has 7 nitrogen and oxygen atoms in total. The number of para-hydroxylation sites is 1. The number of unbranched alkanes of at least 4 members (excludes halogenated alkanes) is 1. The summed E-state index contributed by atoms with van der Waals surface area (Å²) in [6.07, 6.45) is 1.84. The van der Waals surface area contributed by atoms with Crippen molar-refractivity contribution in [1.82, 2.24) is 14.8 Å². The molecule has 0 aliphatic rings. The van der Waals surface area contributed by atoms with Crippen molar-refractivity contribution in [1.29, 1.82) is 0 Å². The Morgan fingerprint density at radius 1 is 1.03 bits per heavy atom. The van der Waals surface area contributed by atoms with E-state index in [0.717, 1.165) is 29.8 Å². The standard InChI is InChI=1S/C22H25N3O4S/c1-4-5-14-29-20(26)15-30-22-24-23-21(18-8-6-7-9-19(18)28-3)25(22)16-10-12-17(27-2)13-11-16/h6-13H,4-5,14-15H2,1-3H3. The Morgan fingerprint density at radius 3 is 2.50 bits per heavy atom. The molecule has 0 aliphatic carbocycles. The molecule has 3 rings (SSSR count). The first kappa shape index (κ1) is 21.7. The zero-order chi connectivity index (χ0) is 21.3. The number of hydrogen-bond donors (Lipinski definition) is 0. The number of hydrogen-bond acceptors (Lipinski definition) is 7. The molecule has 8 heteroatoms. The molecule has 0 aliphatic heterocycles. The summed E-state index contributed by atoms with van der Waals surface area (Å²) in [5, 5.41) is 9.32. The summed E-state index contributed by atoms with van der Waals surface area (Å²) in [5.74, 6) is 1.95. The Bertz CT molecular complexity index is 973. The Morgan fingerprint density at radius 2 is 1.80 bits per heavy atom. The molecule has 0 saturated carbocycles. The highest BCUT2D eigenvalue weighted by Gasteiger charge is 2.20. The van der Waals surface area contributed by atoms with Crippen molar-refractivity contribution in [3.8, 4) is 28.6 Å². The lowest BCUT2D eigenvalue weighted by molar-refractivity contribution is -0.140. The lowest BCUT2D eigenvalue weighted by atomic mass is 10.2. The van der Waals surface area contributed by atoms with Gasteiger partial charge in [0.15, 0.2) is 11.0 Å². The van der Waals surface area contributed by atoms with Gasteiger partial charge >= 0.3 is 5.97 Å². The van der Waals surface area contributed by atoms with Gasteiger partial charge in [-0.05, 0) is 42.8 Å². The van der Waals surface area contributed by atoms with Crippen LogP contribution in [0.1, 0.15) is 19.8 Å². The van der Waals surface area contributed by atoms with Gasteiger partial charge in [-0.2, -0.15) is 0 Å². The summed E-state index contributed by atoms with van der Waals surface area (Å²) < 4.78 is 17.9. The van der Waals surface area contributed by atoms with Gasteiger partial charge in [0.1, 0.15) is 11.5 Å². The lowest BCUT2D eigenvalue weighted by Gasteiger charge is -2.13. The Labute approximate surface area is 180 Å². The second kappa shape index (κ2) is 10.7. The third-order valence-electron chi connectivity index (χ3n) is 4.39. The fraction of sp³-hybridized carbons (Fsp3) is 0.318. The van der Waals surface area contributed by atoms with Gasteiger partial charge in [0.25, 0.3) is 0 Å². The highest BCUT2D eigenvalue weighted by molar-refractivity contribution is 7.99. The Hall–Kier alpha value is -3.00. The van der Waals surface area contributed by atoms with Crippen LogP contribution < -0.4 is 9.47 Å². The molecule has 1 aromatic heterocycles. The molecular weight excluding hydrogens is 402 g/mol. The first-order chi connectivity index (χ1) is 14.7. The minimum absolute atomic E-state index is 0.157. The molecule has 0 saturated heterocycles. The lowest BCUT2D eigenvalue weighted by Crippen LogP contribution is -2.09. The van der Waals surface area contributed by atoms with Crippen molar-refractivity contribution in [2.45, 2.75) is 24.9 Å². The number of carbonyl (C=O) groups excluding carboxylic acids is 1. The highest BCUT2D eigenvalue weighted by atomic mass is 32.2. The predicted octanol–water partition coefficient (Wildman–Crippen LogP) is 4.39. The molecule has 0 bridgehead atoms. The number of rotatable bonds is 10. The molecule has 30 heavy (non-hydrogen) atoms. The van der Waals surface area contributed by atoms with Gasteiger partial charge in [0.05, 0.1) is 37.8 Å². The van der Waals surface area contributed by atoms with Gasteiger partial charge in [-0.15, -0.1) is 10.2 Å². The monoisotopic (exact) mass is 427 g/mol. The first-order valence-corrected chi connectivity index (χ1v) is 10.7. The average molecular weight is 428 g/mol. The minimum atomic E-state index is -0.267. The molecule has 158 valence electrons. The molecule has 3 aromatic rings. The second-order valence-corrected chi connectivity index (χ2v) is 7.35. The van der Waals surface area contributed by atoms with Crippen molar-refractivity contribution < 1.29 is 19.0 Å². The molecule has 0 amide bonds. The van der Waals surface area contributed by atoms with E-state index in [1.165, 1.54) is 11.8 Å². The largest absolute Gasteiger partial charge is 0.497 e. The van der Waals surface area contributed by atoms with Crippen molar-refractivity contribution in [3.05, 3.63) is 48.5 Å². The van der Waals surface area contributed by atoms with Crippen molar-refractivity contribution >= 4 is 17.7 Å². The highest BCUT2D eigenvalue weighted by Crippen LogP contribution is 2.33. The Balaban J connectivity index is 1.94. The smallest absolute Gasteiger partial charge is 0.316 e. The maximum Gasteiger partial charge on any atom is 0.316 e. The number of ether oxygens (including phenoxy) is 3. The third-order valence-corrected chi connectivity index (χ3v) is 5.29. The topological polar surface area (TPSA) is 75.5 Å². The van der Waals surface area contributed by atoms with E-state index in [-0.39, 0.29) is 11.7 Å². The molecule has 0 unspecified atom stereocenters. The van der Waals surface area contributed by atoms with Crippen LogP contribution in [0.3, 0.4) is 0 Å². The molecule has 0 radical (unpaired) electrons. The maximum absolute atomic E-state index is 12.1. The summed E-state index contributed by atoms with van der Waals surface area (Å²) in [6.45, 7) is 2.49.